The van der Waals surface area contributed by atoms with Gasteiger partial charge in [-0.1, -0.05) is 18.6 Å². The monoisotopic (exact) mass is 317 g/mol. The van der Waals surface area contributed by atoms with E-state index in [-0.39, 0.29) is 23.3 Å². The molecule has 4 rings (SSSR count). The van der Waals surface area contributed by atoms with Crippen molar-refractivity contribution in [2.24, 2.45) is 5.41 Å². The summed E-state index contributed by atoms with van der Waals surface area (Å²) in [6.45, 7) is 2.94. The number of halogens is 1. The van der Waals surface area contributed by atoms with Crippen LogP contribution in [-0.4, -0.2) is 36.6 Å². The van der Waals surface area contributed by atoms with Crippen LogP contribution < -0.4 is 0 Å². The van der Waals surface area contributed by atoms with Crippen molar-refractivity contribution in [3.63, 3.8) is 0 Å². The number of hydrogen-bond donors (Lipinski definition) is 0. The molecule has 1 aromatic rings. The zero-order valence-electron chi connectivity index (χ0n) is 13.5. The molecule has 1 aromatic carbocycles. The Morgan fingerprint density at radius 2 is 1.87 bits per heavy atom. The number of carbonyl (C=O) groups excluding carboxylic acids is 1. The number of nitrogens with zero attached hydrogens (tertiary/aromatic N) is 1. The van der Waals surface area contributed by atoms with Crippen LogP contribution in [0.3, 0.4) is 0 Å². The van der Waals surface area contributed by atoms with Crippen molar-refractivity contribution in [1.82, 2.24) is 4.90 Å². The molecule has 4 heteroatoms. The van der Waals surface area contributed by atoms with Gasteiger partial charge in [0.1, 0.15) is 11.9 Å². The van der Waals surface area contributed by atoms with Crippen molar-refractivity contribution in [2.45, 2.75) is 50.5 Å². The molecule has 3 fully saturated rings. The molecule has 2 aliphatic heterocycles. The summed E-state index contributed by atoms with van der Waals surface area (Å²) in [5, 5.41) is 0. The zero-order chi connectivity index (χ0) is 15.9. The topological polar surface area (TPSA) is 29.5 Å². The fraction of sp³-hybridized carbons (Fsp3) is 0.632. The van der Waals surface area contributed by atoms with Gasteiger partial charge < -0.3 is 4.74 Å². The van der Waals surface area contributed by atoms with Crippen LogP contribution in [0.4, 0.5) is 4.39 Å². The lowest BCUT2D eigenvalue weighted by Crippen LogP contribution is -2.38. The molecule has 0 radical (unpaired) electrons. The highest BCUT2D eigenvalue weighted by Crippen LogP contribution is 2.50. The van der Waals surface area contributed by atoms with Crippen molar-refractivity contribution in [3.05, 3.63) is 35.6 Å². The minimum Gasteiger partial charge on any atom is -0.461 e. The van der Waals surface area contributed by atoms with Crippen molar-refractivity contribution < 1.29 is 13.9 Å². The van der Waals surface area contributed by atoms with Gasteiger partial charge in [0.25, 0.3) is 0 Å². The van der Waals surface area contributed by atoms with Crippen LogP contribution in [0.25, 0.3) is 0 Å². The van der Waals surface area contributed by atoms with E-state index in [1.165, 1.54) is 12.0 Å². The first kappa shape index (κ1) is 15.1. The number of piperidine rings is 1. The lowest BCUT2D eigenvalue weighted by molar-refractivity contribution is -0.152. The van der Waals surface area contributed by atoms with Crippen LogP contribution >= 0.6 is 0 Å². The van der Waals surface area contributed by atoms with Gasteiger partial charge in [-0.2, -0.15) is 0 Å². The van der Waals surface area contributed by atoms with Gasteiger partial charge in [0, 0.05) is 13.0 Å². The molecule has 0 amide bonds. The lowest BCUT2D eigenvalue weighted by Gasteiger charge is -2.35. The van der Waals surface area contributed by atoms with Crippen molar-refractivity contribution in [1.29, 1.82) is 0 Å². The normalized spacial score (nSPS) is 27.9. The molecule has 0 N–H and O–H groups in total. The van der Waals surface area contributed by atoms with Gasteiger partial charge in [0.15, 0.2) is 0 Å². The summed E-state index contributed by atoms with van der Waals surface area (Å²) in [4.78, 5) is 14.4. The van der Waals surface area contributed by atoms with E-state index in [9.17, 15) is 9.18 Å². The van der Waals surface area contributed by atoms with E-state index < -0.39 is 0 Å². The summed E-state index contributed by atoms with van der Waals surface area (Å²) in [5.41, 5.74) is 1.13. The molecule has 1 aliphatic carbocycles. The predicted octanol–water partition coefficient (Wildman–Crippen LogP) is 3.49. The summed E-state index contributed by atoms with van der Waals surface area (Å²) < 4.78 is 18.6. The third-order valence-electron chi connectivity index (χ3n) is 6.03. The third-order valence-corrected chi connectivity index (χ3v) is 6.03. The lowest BCUT2D eigenvalue weighted by atomic mass is 9.67. The van der Waals surface area contributed by atoms with Crippen molar-refractivity contribution in [3.8, 4) is 0 Å². The average Bonchev–Trinajstić information content (AvgIpc) is 2.85. The van der Waals surface area contributed by atoms with E-state index in [0.29, 0.717) is 5.92 Å². The van der Waals surface area contributed by atoms with Gasteiger partial charge in [-0.05, 0) is 62.4 Å². The highest BCUT2D eigenvalue weighted by Gasteiger charge is 2.52. The molecule has 1 unspecified atom stereocenters. The predicted molar refractivity (Wildman–Crippen MR) is 85.6 cm³/mol. The molecule has 23 heavy (non-hydrogen) atoms. The maximum Gasteiger partial charge on any atom is 0.312 e. The Morgan fingerprint density at radius 1 is 1.17 bits per heavy atom. The number of cyclic esters (lactones) is 1. The van der Waals surface area contributed by atoms with Gasteiger partial charge in [0.05, 0.1) is 5.41 Å². The van der Waals surface area contributed by atoms with Gasteiger partial charge in [-0.3, -0.25) is 9.69 Å². The quantitative estimate of drug-likeness (QED) is 0.799. The standard InChI is InChI=1S/C19H24FNO2/c20-16-4-2-14(3-5-16)15-6-10-21(11-7-15)13-17-12-19(8-1-9-19)18(22)23-17/h2-5,15,17H,1,6-13H2. The van der Waals surface area contributed by atoms with Crippen LogP contribution in [0.15, 0.2) is 24.3 Å². The Labute approximate surface area is 136 Å². The number of esters is 1. The van der Waals surface area contributed by atoms with Crippen LogP contribution in [0.1, 0.15) is 50.0 Å². The minimum atomic E-state index is -0.167. The molecule has 2 saturated heterocycles. The fourth-order valence-corrected chi connectivity index (χ4v) is 4.42. The Balaban J connectivity index is 1.29. The summed E-state index contributed by atoms with van der Waals surface area (Å²) in [7, 11) is 0. The Morgan fingerprint density at radius 3 is 2.43 bits per heavy atom. The van der Waals surface area contributed by atoms with E-state index in [1.54, 1.807) is 12.1 Å². The largest absolute Gasteiger partial charge is 0.461 e. The maximum atomic E-state index is 13.0. The van der Waals surface area contributed by atoms with Gasteiger partial charge >= 0.3 is 5.97 Å². The SMILES string of the molecule is O=C1OC(CN2CCC(c3ccc(F)cc3)CC2)CC12CCC2. The Hall–Kier alpha value is -1.42. The van der Waals surface area contributed by atoms with Crippen LogP contribution in [-0.2, 0) is 9.53 Å². The van der Waals surface area contributed by atoms with Gasteiger partial charge in [-0.25, -0.2) is 4.39 Å². The minimum absolute atomic E-state index is 0.0509. The molecule has 0 aromatic heterocycles. The molecule has 0 bridgehead atoms. The number of ether oxygens (including phenoxy) is 1. The fourth-order valence-electron chi connectivity index (χ4n) is 4.42. The second-order valence-corrected chi connectivity index (χ2v) is 7.49. The van der Waals surface area contributed by atoms with E-state index in [0.717, 1.165) is 51.7 Å². The van der Waals surface area contributed by atoms with Gasteiger partial charge in [-0.15, -0.1) is 0 Å². The van der Waals surface area contributed by atoms with E-state index >= 15 is 0 Å². The van der Waals surface area contributed by atoms with Crippen molar-refractivity contribution >= 4 is 5.97 Å². The van der Waals surface area contributed by atoms with E-state index in [4.69, 9.17) is 4.74 Å². The molecule has 3 nitrogen and oxygen atoms in total. The highest BCUT2D eigenvalue weighted by atomic mass is 19.1. The number of hydrogen-bond acceptors (Lipinski definition) is 3. The molecule has 124 valence electrons. The second kappa shape index (κ2) is 5.90. The smallest absolute Gasteiger partial charge is 0.312 e. The summed E-state index contributed by atoms with van der Waals surface area (Å²) in [5.74, 6) is 0.407. The van der Waals surface area contributed by atoms with E-state index in [1.807, 2.05) is 12.1 Å². The van der Waals surface area contributed by atoms with Crippen LogP contribution in [0.2, 0.25) is 0 Å². The van der Waals surface area contributed by atoms with Crippen LogP contribution in [0, 0.1) is 11.2 Å². The number of benzene rings is 1. The molecule has 3 aliphatic rings. The van der Waals surface area contributed by atoms with Crippen LogP contribution in [0.5, 0.6) is 0 Å². The number of carbonyl (C=O) groups is 1. The molecular formula is C19H24FNO2. The average molecular weight is 317 g/mol. The second-order valence-electron chi connectivity index (χ2n) is 7.49. The molecule has 2 heterocycles. The number of rotatable bonds is 3. The molecule has 1 saturated carbocycles. The maximum absolute atomic E-state index is 13.0. The first-order chi connectivity index (χ1) is 11.1. The highest BCUT2D eigenvalue weighted by molar-refractivity contribution is 5.80. The number of likely N-dealkylation sites (tertiary alicyclic amines) is 1. The third kappa shape index (κ3) is 2.89. The summed E-state index contributed by atoms with van der Waals surface area (Å²) in [6, 6.07) is 6.93. The van der Waals surface area contributed by atoms with E-state index in [2.05, 4.69) is 4.90 Å². The van der Waals surface area contributed by atoms with Gasteiger partial charge in [0.2, 0.25) is 0 Å². The molecule has 1 spiro atoms. The first-order valence-corrected chi connectivity index (χ1v) is 8.84. The zero-order valence-corrected chi connectivity index (χ0v) is 13.5. The first-order valence-electron chi connectivity index (χ1n) is 8.84. The summed E-state index contributed by atoms with van der Waals surface area (Å²) in [6.07, 6.45) is 6.41. The Bertz CT molecular complexity index is 574. The Kier molecular flexibility index (Phi) is 3.88. The van der Waals surface area contributed by atoms with Crippen molar-refractivity contribution in [2.75, 3.05) is 19.6 Å². The molecule has 1 atom stereocenters. The molecular weight excluding hydrogens is 293 g/mol. The summed E-state index contributed by atoms with van der Waals surface area (Å²) >= 11 is 0.